The third-order valence-corrected chi connectivity index (χ3v) is 2.86. The van der Waals surface area contributed by atoms with Gasteiger partial charge in [-0.3, -0.25) is 0 Å². The molecule has 1 aromatic rings. The molecule has 1 N–H and O–H groups in total. The van der Waals surface area contributed by atoms with Crippen LogP contribution in [0.2, 0.25) is 5.02 Å². The highest BCUT2D eigenvalue weighted by molar-refractivity contribution is 9.10. The summed E-state index contributed by atoms with van der Waals surface area (Å²) >= 11 is 9.34. The molecule has 1 aromatic carbocycles. The van der Waals surface area contributed by atoms with Crippen molar-refractivity contribution in [2.75, 3.05) is 6.54 Å². The Morgan fingerprint density at radius 3 is 2.77 bits per heavy atom. The van der Waals surface area contributed by atoms with Crippen LogP contribution in [0.3, 0.4) is 0 Å². The maximum Gasteiger partial charge on any atom is 0.0417 e. The maximum absolute atomic E-state index is 5.85. The number of hydrogen-bond donors (Lipinski definition) is 1. The van der Waals surface area contributed by atoms with Gasteiger partial charge in [-0.1, -0.05) is 40.5 Å². The second-order valence-corrected chi connectivity index (χ2v) is 4.24. The minimum Gasteiger partial charge on any atom is -0.310 e. The zero-order valence-corrected chi connectivity index (χ0v) is 10.1. The first kappa shape index (κ1) is 11.0. The van der Waals surface area contributed by atoms with Gasteiger partial charge in [0.25, 0.3) is 0 Å². The Bertz CT molecular complexity index is 288. The summed E-state index contributed by atoms with van der Waals surface area (Å²) in [7, 11) is 0. The molecule has 0 amide bonds. The highest BCUT2D eigenvalue weighted by Gasteiger charge is 2.07. The normalized spacial score (nSPS) is 12.9. The molecule has 0 heterocycles. The summed E-state index contributed by atoms with van der Waals surface area (Å²) in [5.74, 6) is 0. The van der Waals surface area contributed by atoms with E-state index >= 15 is 0 Å². The molecule has 0 aliphatic rings. The number of nitrogens with one attached hydrogen (secondary N) is 1. The molecule has 1 unspecified atom stereocenters. The molecule has 72 valence electrons. The molecular formula is C10H13BrClN. The summed E-state index contributed by atoms with van der Waals surface area (Å²) in [5, 5.41) is 4.11. The third kappa shape index (κ3) is 2.97. The summed E-state index contributed by atoms with van der Waals surface area (Å²) in [6.45, 7) is 5.20. The van der Waals surface area contributed by atoms with Crippen molar-refractivity contribution in [3.63, 3.8) is 0 Å². The van der Waals surface area contributed by atoms with E-state index in [4.69, 9.17) is 11.6 Å². The van der Waals surface area contributed by atoms with Crippen molar-refractivity contribution in [1.29, 1.82) is 0 Å². The van der Waals surface area contributed by atoms with Crippen molar-refractivity contribution in [1.82, 2.24) is 5.32 Å². The first-order valence-corrected chi connectivity index (χ1v) is 5.50. The van der Waals surface area contributed by atoms with E-state index in [0.29, 0.717) is 6.04 Å². The van der Waals surface area contributed by atoms with Crippen LogP contribution in [0.25, 0.3) is 0 Å². The number of rotatable bonds is 3. The Hall–Kier alpha value is -0.0500. The minimum atomic E-state index is 0.358. The van der Waals surface area contributed by atoms with Gasteiger partial charge in [0, 0.05) is 15.5 Å². The zero-order chi connectivity index (χ0) is 9.84. The van der Waals surface area contributed by atoms with Gasteiger partial charge in [-0.2, -0.15) is 0 Å². The third-order valence-electron chi connectivity index (χ3n) is 1.94. The molecule has 13 heavy (non-hydrogen) atoms. The summed E-state index contributed by atoms with van der Waals surface area (Å²) in [4.78, 5) is 0. The molecule has 1 rings (SSSR count). The second kappa shape index (κ2) is 4.99. The molecule has 3 heteroatoms. The van der Waals surface area contributed by atoms with Gasteiger partial charge >= 0.3 is 0 Å². The predicted molar refractivity (Wildman–Crippen MR) is 61.2 cm³/mol. The average molecular weight is 263 g/mol. The Morgan fingerprint density at radius 2 is 2.23 bits per heavy atom. The molecule has 0 aromatic heterocycles. The van der Waals surface area contributed by atoms with E-state index in [2.05, 4.69) is 35.1 Å². The molecule has 0 bridgehead atoms. The van der Waals surface area contributed by atoms with Gasteiger partial charge in [-0.05, 0) is 31.2 Å². The molecule has 0 saturated carbocycles. The van der Waals surface area contributed by atoms with Gasteiger partial charge in [0.05, 0.1) is 0 Å². The molecule has 0 aliphatic carbocycles. The fourth-order valence-electron chi connectivity index (χ4n) is 1.27. The van der Waals surface area contributed by atoms with E-state index in [1.54, 1.807) is 0 Å². The van der Waals surface area contributed by atoms with Crippen LogP contribution >= 0.6 is 27.5 Å². The first-order chi connectivity index (χ1) is 6.15. The fourth-order valence-corrected chi connectivity index (χ4v) is 2.29. The van der Waals surface area contributed by atoms with E-state index in [0.717, 1.165) is 16.0 Å². The Morgan fingerprint density at radius 1 is 1.54 bits per heavy atom. The first-order valence-electron chi connectivity index (χ1n) is 4.33. The van der Waals surface area contributed by atoms with Crippen LogP contribution in [0.5, 0.6) is 0 Å². The lowest BCUT2D eigenvalue weighted by Gasteiger charge is -2.14. The van der Waals surface area contributed by atoms with Crippen LogP contribution < -0.4 is 5.32 Å². The van der Waals surface area contributed by atoms with Crippen molar-refractivity contribution in [2.45, 2.75) is 19.9 Å². The number of benzene rings is 1. The minimum absolute atomic E-state index is 0.358. The van der Waals surface area contributed by atoms with Crippen LogP contribution in [0.1, 0.15) is 25.5 Å². The lowest BCUT2D eigenvalue weighted by molar-refractivity contribution is 0.596. The van der Waals surface area contributed by atoms with Gasteiger partial charge < -0.3 is 5.32 Å². The Labute approximate surface area is 92.6 Å². The van der Waals surface area contributed by atoms with Crippen LogP contribution in [0.4, 0.5) is 0 Å². The predicted octanol–water partition coefficient (Wildman–Crippen LogP) is 3.77. The summed E-state index contributed by atoms with van der Waals surface area (Å²) in [5.41, 5.74) is 1.24. The van der Waals surface area contributed by atoms with Crippen molar-refractivity contribution in [3.8, 4) is 0 Å². The van der Waals surface area contributed by atoms with Gasteiger partial charge in [0.15, 0.2) is 0 Å². The van der Waals surface area contributed by atoms with Crippen LogP contribution in [-0.2, 0) is 0 Å². The van der Waals surface area contributed by atoms with Gasteiger partial charge in [0.1, 0.15) is 0 Å². The Balaban J connectivity index is 2.88. The highest BCUT2D eigenvalue weighted by atomic mass is 79.9. The van der Waals surface area contributed by atoms with Crippen LogP contribution in [0, 0.1) is 0 Å². The molecule has 0 spiro atoms. The van der Waals surface area contributed by atoms with Crippen molar-refractivity contribution in [3.05, 3.63) is 33.3 Å². The standard InChI is InChI=1S/C10H13BrClN/c1-3-13-7(2)9-5-4-8(12)6-10(9)11/h4-7,13H,3H2,1-2H3. The highest BCUT2D eigenvalue weighted by Crippen LogP contribution is 2.26. The summed E-state index contributed by atoms with van der Waals surface area (Å²) in [6, 6.07) is 6.23. The van der Waals surface area contributed by atoms with Gasteiger partial charge in [-0.25, -0.2) is 0 Å². The number of halogens is 2. The molecule has 0 aliphatic heterocycles. The smallest absolute Gasteiger partial charge is 0.0417 e. The average Bonchev–Trinajstić information content (AvgIpc) is 2.04. The van der Waals surface area contributed by atoms with Gasteiger partial charge in [0.2, 0.25) is 0 Å². The number of hydrogen-bond acceptors (Lipinski definition) is 1. The molecule has 0 fully saturated rings. The van der Waals surface area contributed by atoms with Crippen molar-refractivity contribution < 1.29 is 0 Å². The van der Waals surface area contributed by atoms with E-state index in [-0.39, 0.29) is 0 Å². The van der Waals surface area contributed by atoms with Crippen molar-refractivity contribution >= 4 is 27.5 Å². The molecule has 0 saturated heterocycles. The molecular weight excluding hydrogens is 249 g/mol. The summed E-state index contributed by atoms with van der Waals surface area (Å²) in [6.07, 6.45) is 0. The largest absolute Gasteiger partial charge is 0.310 e. The molecule has 1 atom stereocenters. The van der Waals surface area contributed by atoms with E-state index in [1.165, 1.54) is 5.56 Å². The second-order valence-electron chi connectivity index (χ2n) is 2.95. The quantitative estimate of drug-likeness (QED) is 0.874. The van der Waals surface area contributed by atoms with Crippen LogP contribution in [-0.4, -0.2) is 6.54 Å². The monoisotopic (exact) mass is 261 g/mol. The lowest BCUT2D eigenvalue weighted by atomic mass is 10.1. The lowest BCUT2D eigenvalue weighted by Crippen LogP contribution is -2.17. The molecule has 1 nitrogen and oxygen atoms in total. The van der Waals surface area contributed by atoms with E-state index in [1.807, 2.05) is 18.2 Å². The van der Waals surface area contributed by atoms with E-state index in [9.17, 15) is 0 Å². The SMILES string of the molecule is CCNC(C)c1ccc(Cl)cc1Br. The van der Waals surface area contributed by atoms with Crippen LogP contribution in [0.15, 0.2) is 22.7 Å². The van der Waals surface area contributed by atoms with Gasteiger partial charge in [-0.15, -0.1) is 0 Å². The summed E-state index contributed by atoms with van der Waals surface area (Å²) < 4.78 is 1.06. The maximum atomic E-state index is 5.85. The fraction of sp³-hybridized carbons (Fsp3) is 0.400. The topological polar surface area (TPSA) is 12.0 Å². The molecule has 0 radical (unpaired) electrons. The Kier molecular flexibility index (Phi) is 4.23. The van der Waals surface area contributed by atoms with Crippen molar-refractivity contribution in [2.24, 2.45) is 0 Å². The zero-order valence-electron chi connectivity index (χ0n) is 7.77. The van der Waals surface area contributed by atoms with E-state index < -0.39 is 0 Å².